The van der Waals surface area contributed by atoms with Crippen LogP contribution in [-0.4, -0.2) is 17.2 Å². The van der Waals surface area contributed by atoms with Gasteiger partial charge in [0.25, 0.3) is 0 Å². The van der Waals surface area contributed by atoms with E-state index in [1.807, 2.05) is 18.2 Å². The number of likely N-dealkylation sites (tertiary alicyclic amines) is 1. The molecule has 1 aliphatic heterocycles. The van der Waals surface area contributed by atoms with Crippen molar-refractivity contribution in [3.8, 4) is 0 Å². The van der Waals surface area contributed by atoms with Gasteiger partial charge in [-0.05, 0) is 61.0 Å². The molecular weight excluding hydrogens is 285 g/mol. The molecule has 1 fully saturated rings. The Hall–Kier alpha value is -1.52. The van der Waals surface area contributed by atoms with Gasteiger partial charge in [-0.15, -0.1) is 11.3 Å². The van der Waals surface area contributed by atoms with Crippen LogP contribution in [0, 0.1) is 5.82 Å². The minimum atomic E-state index is -0.188. The largest absolute Gasteiger partial charge is 0.294 e. The SMILES string of the molecule is CC(=O)c1cc(CN2CCC[C@H]2c2ccc(F)cc2)cs1. The van der Waals surface area contributed by atoms with Crippen LogP contribution in [0.3, 0.4) is 0 Å². The van der Waals surface area contributed by atoms with Gasteiger partial charge >= 0.3 is 0 Å². The number of benzene rings is 1. The highest BCUT2D eigenvalue weighted by Gasteiger charge is 2.26. The van der Waals surface area contributed by atoms with E-state index in [0.717, 1.165) is 30.8 Å². The summed E-state index contributed by atoms with van der Waals surface area (Å²) in [5, 5.41) is 2.07. The van der Waals surface area contributed by atoms with E-state index in [4.69, 9.17) is 0 Å². The molecule has 1 aliphatic rings. The Morgan fingerprint density at radius 1 is 1.38 bits per heavy atom. The number of thiophene rings is 1. The van der Waals surface area contributed by atoms with Crippen LogP contribution in [0.15, 0.2) is 35.7 Å². The van der Waals surface area contributed by atoms with Crippen LogP contribution in [0.25, 0.3) is 0 Å². The van der Waals surface area contributed by atoms with Gasteiger partial charge in [-0.25, -0.2) is 4.39 Å². The molecule has 3 rings (SSSR count). The Morgan fingerprint density at radius 3 is 2.81 bits per heavy atom. The maximum atomic E-state index is 13.1. The zero-order valence-electron chi connectivity index (χ0n) is 12.0. The Morgan fingerprint density at radius 2 is 2.14 bits per heavy atom. The topological polar surface area (TPSA) is 20.3 Å². The van der Waals surface area contributed by atoms with Crippen LogP contribution in [0.2, 0.25) is 0 Å². The first-order valence-corrected chi connectivity index (χ1v) is 8.09. The lowest BCUT2D eigenvalue weighted by Gasteiger charge is -2.24. The van der Waals surface area contributed by atoms with Crippen molar-refractivity contribution in [1.82, 2.24) is 4.90 Å². The predicted molar refractivity (Wildman–Crippen MR) is 83.1 cm³/mol. The summed E-state index contributed by atoms with van der Waals surface area (Å²) in [6.07, 6.45) is 2.26. The fraction of sp³-hybridized carbons (Fsp3) is 0.353. The molecule has 2 nitrogen and oxygen atoms in total. The second-order valence-corrected chi connectivity index (χ2v) is 6.47. The fourth-order valence-electron chi connectivity index (χ4n) is 2.96. The number of Topliss-reactive ketones (excluding diaryl/α,β-unsaturated/α-hetero) is 1. The first-order valence-electron chi connectivity index (χ1n) is 7.21. The average Bonchev–Trinajstić information content (AvgIpc) is 3.10. The Balaban J connectivity index is 1.74. The van der Waals surface area contributed by atoms with Gasteiger partial charge in [0, 0.05) is 12.6 Å². The van der Waals surface area contributed by atoms with Crippen LogP contribution < -0.4 is 0 Å². The van der Waals surface area contributed by atoms with Crippen molar-refractivity contribution in [2.75, 3.05) is 6.54 Å². The van der Waals surface area contributed by atoms with Crippen LogP contribution in [0.5, 0.6) is 0 Å². The molecule has 21 heavy (non-hydrogen) atoms. The van der Waals surface area contributed by atoms with E-state index in [0.29, 0.717) is 6.04 Å². The number of hydrogen-bond acceptors (Lipinski definition) is 3. The molecule has 0 bridgehead atoms. The molecule has 0 spiro atoms. The monoisotopic (exact) mass is 303 g/mol. The van der Waals surface area contributed by atoms with Crippen molar-refractivity contribution in [3.63, 3.8) is 0 Å². The lowest BCUT2D eigenvalue weighted by Crippen LogP contribution is -2.22. The molecule has 2 heterocycles. The van der Waals surface area contributed by atoms with Gasteiger partial charge in [-0.1, -0.05) is 12.1 Å². The van der Waals surface area contributed by atoms with Crippen molar-refractivity contribution in [1.29, 1.82) is 0 Å². The van der Waals surface area contributed by atoms with Gasteiger partial charge in [0.1, 0.15) is 5.82 Å². The molecule has 1 aromatic heterocycles. The number of carbonyl (C=O) groups excluding carboxylic acids is 1. The maximum absolute atomic E-state index is 13.1. The summed E-state index contributed by atoms with van der Waals surface area (Å²) in [6.45, 7) is 3.51. The lowest BCUT2D eigenvalue weighted by atomic mass is 10.0. The molecule has 0 amide bonds. The Labute approximate surface area is 128 Å². The zero-order chi connectivity index (χ0) is 14.8. The summed E-state index contributed by atoms with van der Waals surface area (Å²) in [5.41, 5.74) is 2.37. The molecule has 4 heteroatoms. The van der Waals surface area contributed by atoms with Crippen molar-refractivity contribution in [2.24, 2.45) is 0 Å². The normalized spacial score (nSPS) is 19.0. The minimum Gasteiger partial charge on any atom is -0.294 e. The number of carbonyl (C=O) groups is 1. The number of rotatable bonds is 4. The molecule has 1 aromatic carbocycles. The lowest BCUT2D eigenvalue weighted by molar-refractivity contribution is 0.102. The fourth-order valence-corrected chi connectivity index (χ4v) is 3.76. The van der Waals surface area contributed by atoms with Gasteiger partial charge in [0.05, 0.1) is 4.88 Å². The zero-order valence-corrected chi connectivity index (χ0v) is 12.8. The minimum absolute atomic E-state index is 0.128. The molecule has 0 N–H and O–H groups in total. The van der Waals surface area contributed by atoms with Gasteiger partial charge in [-0.3, -0.25) is 9.69 Å². The molecule has 110 valence electrons. The molecule has 0 aliphatic carbocycles. The van der Waals surface area contributed by atoms with Gasteiger partial charge in [0.15, 0.2) is 5.78 Å². The third-order valence-corrected chi connectivity index (χ3v) is 5.08. The molecular formula is C17H18FNOS. The van der Waals surface area contributed by atoms with E-state index in [-0.39, 0.29) is 11.6 Å². The summed E-state index contributed by atoms with van der Waals surface area (Å²) in [4.78, 5) is 14.6. The molecule has 0 saturated carbocycles. The quantitative estimate of drug-likeness (QED) is 0.779. The van der Waals surface area contributed by atoms with Crippen LogP contribution >= 0.6 is 11.3 Å². The smallest absolute Gasteiger partial charge is 0.169 e. The molecule has 2 aromatic rings. The first-order chi connectivity index (χ1) is 10.1. The summed E-state index contributed by atoms with van der Waals surface area (Å²) in [6, 6.07) is 9.17. The van der Waals surface area contributed by atoms with Crippen LogP contribution in [0.4, 0.5) is 4.39 Å². The van der Waals surface area contributed by atoms with Crippen molar-refractivity contribution < 1.29 is 9.18 Å². The van der Waals surface area contributed by atoms with E-state index in [1.54, 1.807) is 6.92 Å². The van der Waals surface area contributed by atoms with Crippen LogP contribution in [0.1, 0.15) is 46.6 Å². The van der Waals surface area contributed by atoms with Crippen molar-refractivity contribution in [3.05, 3.63) is 57.5 Å². The number of hydrogen-bond donors (Lipinski definition) is 0. The molecule has 1 atom stereocenters. The standard InChI is InChI=1S/C17H18FNOS/c1-12(20)17-9-13(11-21-17)10-19-8-2-3-16(19)14-4-6-15(18)7-5-14/h4-7,9,11,16H,2-3,8,10H2,1H3/t16-/m0/s1. The van der Waals surface area contributed by atoms with E-state index in [2.05, 4.69) is 10.3 Å². The van der Waals surface area contributed by atoms with E-state index in [1.165, 1.54) is 34.6 Å². The number of halogens is 1. The van der Waals surface area contributed by atoms with E-state index < -0.39 is 0 Å². The first kappa shape index (κ1) is 14.4. The summed E-state index contributed by atoms with van der Waals surface area (Å²) < 4.78 is 13.1. The highest BCUT2D eigenvalue weighted by Crippen LogP contribution is 2.33. The molecule has 0 radical (unpaired) electrons. The molecule has 0 unspecified atom stereocenters. The summed E-state index contributed by atoms with van der Waals surface area (Å²) >= 11 is 1.51. The number of ketones is 1. The summed E-state index contributed by atoms with van der Waals surface area (Å²) in [5.74, 6) is -0.0602. The predicted octanol–water partition coefficient (Wildman–Crippen LogP) is 4.43. The van der Waals surface area contributed by atoms with Crippen LogP contribution in [-0.2, 0) is 6.54 Å². The van der Waals surface area contributed by atoms with E-state index >= 15 is 0 Å². The third-order valence-electron chi connectivity index (χ3n) is 4.00. The Kier molecular flexibility index (Phi) is 4.17. The van der Waals surface area contributed by atoms with Crippen molar-refractivity contribution in [2.45, 2.75) is 32.4 Å². The van der Waals surface area contributed by atoms with E-state index in [9.17, 15) is 9.18 Å². The van der Waals surface area contributed by atoms with Gasteiger partial charge in [-0.2, -0.15) is 0 Å². The summed E-state index contributed by atoms with van der Waals surface area (Å²) in [7, 11) is 0. The highest BCUT2D eigenvalue weighted by atomic mass is 32.1. The second-order valence-electron chi connectivity index (χ2n) is 5.56. The van der Waals surface area contributed by atoms with Gasteiger partial charge in [0.2, 0.25) is 0 Å². The van der Waals surface area contributed by atoms with Gasteiger partial charge < -0.3 is 0 Å². The highest BCUT2D eigenvalue weighted by molar-refractivity contribution is 7.12. The number of nitrogens with zero attached hydrogens (tertiary/aromatic N) is 1. The maximum Gasteiger partial charge on any atom is 0.169 e. The average molecular weight is 303 g/mol. The molecule has 1 saturated heterocycles. The second kappa shape index (κ2) is 6.08. The van der Waals surface area contributed by atoms with Crippen molar-refractivity contribution >= 4 is 17.1 Å². The third kappa shape index (κ3) is 3.22. The Bertz CT molecular complexity index is 634.